The highest BCUT2D eigenvalue weighted by atomic mass is 16.4. The summed E-state index contributed by atoms with van der Waals surface area (Å²) in [6.07, 6.45) is -0.0503. The molecule has 0 spiro atoms. The van der Waals surface area contributed by atoms with Crippen molar-refractivity contribution in [3.05, 3.63) is 24.3 Å². The van der Waals surface area contributed by atoms with Crippen LogP contribution in [-0.2, 0) is 9.59 Å². The summed E-state index contributed by atoms with van der Waals surface area (Å²) in [6.45, 7) is 0.314. The molecule has 18 heavy (non-hydrogen) atoms. The van der Waals surface area contributed by atoms with Crippen molar-refractivity contribution in [2.75, 3.05) is 30.8 Å². The number of likely N-dealkylation sites (N-methyl/N-ethyl adjacent to an activating group) is 1. The minimum Gasteiger partial charge on any atom is -0.481 e. The SMILES string of the molecule is CNC(=O)CN(CCC(=O)O)c1ccccc1N. The van der Waals surface area contributed by atoms with Gasteiger partial charge in [-0.25, -0.2) is 0 Å². The minimum absolute atomic E-state index is 0.0503. The van der Waals surface area contributed by atoms with E-state index in [1.165, 1.54) is 7.05 Å². The Labute approximate surface area is 105 Å². The van der Waals surface area contributed by atoms with Crippen molar-refractivity contribution in [1.29, 1.82) is 0 Å². The summed E-state index contributed by atoms with van der Waals surface area (Å²) in [4.78, 5) is 23.7. The first kappa shape index (κ1) is 13.8. The first-order valence-corrected chi connectivity index (χ1v) is 5.56. The molecule has 1 aromatic rings. The van der Waals surface area contributed by atoms with Gasteiger partial charge in [0.15, 0.2) is 0 Å². The number of nitrogens with one attached hydrogen (secondary N) is 1. The quantitative estimate of drug-likeness (QED) is 0.632. The van der Waals surface area contributed by atoms with Crippen LogP contribution in [-0.4, -0.2) is 37.1 Å². The number of para-hydroxylation sites is 2. The molecule has 0 aliphatic heterocycles. The summed E-state index contributed by atoms with van der Waals surface area (Å²) in [5, 5.41) is 11.2. The zero-order valence-electron chi connectivity index (χ0n) is 10.2. The van der Waals surface area contributed by atoms with E-state index < -0.39 is 5.97 Å². The van der Waals surface area contributed by atoms with Crippen molar-refractivity contribution in [2.24, 2.45) is 0 Å². The third-order valence-electron chi connectivity index (χ3n) is 2.49. The molecule has 0 unspecified atom stereocenters. The Kier molecular flexibility index (Phi) is 4.98. The number of benzene rings is 1. The van der Waals surface area contributed by atoms with Gasteiger partial charge in [0, 0.05) is 13.6 Å². The molecule has 6 nitrogen and oxygen atoms in total. The van der Waals surface area contributed by atoms with Gasteiger partial charge in [0.2, 0.25) is 5.91 Å². The van der Waals surface area contributed by atoms with Crippen molar-refractivity contribution in [3.63, 3.8) is 0 Å². The van der Waals surface area contributed by atoms with E-state index in [1.54, 1.807) is 29.2 Å². The van der Waals surface area contributed by atoms with Crippen LogP contribution in [0.25, 0.3) is 0 Å². The highest BCUT2D eigenvalue weighted by Gasteiger charge is 2.14. The highest BCUT2D eigenvalue weighted by molar-refractivity contribution is 5.83. The van der Waals surface area contributed by atoms with Crippen LogP contribution in [0.1, 0.15) is 6.42 Å². The van der Waals surface area contributed by atoms with Gasteiger partial charge in [0.1, 0.15) is 0 Å². The van der Waals surface area contributed by atoms with Crippen LogP contribution in [0.4, 0.5) is 11.4 Å². The predicted octanol–water partition coefficient (Wildman–Crippen LogP) is 0.296. The summed E-state index contributed by atoms with van der Waals surface area (Å²) in [5.41, 5.74) is 7.01. The van der Waals surface area contributed by atoms with Gasteiger partial charge >= 0.3 is 5.97 Å². The summed E-state index contributed by atoms with van der Waals surface area (Å²) < 4.78 is 0. The second kappa shape index (κ2) is 6.48. The van der Waals surface area contributed by atoms with Gasteiger partial charge in [-0.1, -0.05) is 12.1 Å². The van der Waals surface area contributed by atoms with Crippen LogP contribution in [0, 0.1) is 0 Å². The van der Waals surface area contributed by atoms with Crippen molar-refractivity contribution in [3.8, 4) is 0 Å². The fourth-order valence-electron chi connectivity index (χ4n) is 1.54. The number of nitrogens with zero attached hydrogens (tertiary/aromatic N) is 1. The van der Waals surface area contributed by atoms with E-state index in [4.69, 9.17) is 10.8 Å². The largest absolute Gasteiger partial charge is 0.481 e. The number of nitrogen functional groups attached to an aromatic ring is 1. The summed E-state index contributed by atoms with van der Waals surface area (Å²) in [5.74, 6) is -1.10. The average Bonchev–Trinajstić information content (AvgIpc) is 2.34. The van der Waals surface area contributed by atoms with Crippen LogP contribution in [0.2, 0.25) is 0 Å². The van der Waals surface area contributed by atoms with E-state index in [1.807, 2.05) is 0 Å². The second-order valence-electron chi connectivity index (χ2n) is 3.80. The molecular weight excluding hydrogens is 234 g/mol. The molecule has 1 rings (SSSR count). The topological polar surface area (TPSA) is 95.7 Å². The molecule has 0 aliphatic rings. The molecule has 0 radical (unpaired) electrons. The molecule has 0 atom stereocenters. The highest BCUT2D eigenvalue weighted by Crippen LogP contribution is 2.22. The van der Waals surface area contributed by atoms with Gasteiger partial charge in [-0.15, -0.1) is 0 Å². The monoisotopic (exact) mass is 251 g/mol. The molecule has 98 valence electrons. The molecule has 0 aromatic heterocycles. The first-order chi connectivity index (χ1) is 8.54. The number of carbonyl (C=O) groups excluding carboxylic acids is 1. The van der Waals surface area contributed by atoms with E-state index in [-0.39, 0.29) is 25.4 Å². The maximum absolute atomic E-state index is 11.4. The third-order valence-corrected chi connectivity index (χ3v) is 2.49. The minimum atomic E-state index is -0.911. The Balaban J connectivity index is 2.85. The van der Waals surface area contributed by atoms with Crippen molar-refractivity contribution in [1.82, 2.24) is 5.32 Å². The molecule has 0 heterocycles. The Morgan fingerprint density at radius 1 is 1.39 bits per heavy atom. The number of carboxylic acid groups (broad SMARTS) is 1. The van der Waals surface area contributed by atoms with E-state index in [2.05, 4.69) is 5.32 Å². The van der Waals surface area contributed by atoms with Gasteiger partial charge in [-0.3, -0.25) is 9.59 Å². The van der Waals surface area contributed by atoms with Gasteiger partial charge < -0.3 is 21.1 Å². The molecule has 4 N–H and O–H groups in total. The summed E-state index contributed by atoms with van der Waals surface area (Å²) in [7, 11) is 1.53. The number of aliphatic carboxylic acids is 1. The van der Waals surface area contributed by atoms with E-state index >= 15 is 0 Å². The molecule has 0 fully saturated rings. The van der Waals surface area contributed by atoms with Crippen LogP contribution in [0.3, 0.4) is 0 Å². The number of anilines is 2. The number of amides is 1. The maximum atomic E-state index is 11.4. The zero-order valence-corrected chi connectivity index (χ0v) is 10.2. The van der Waals surface area contributed by atoms with Crippen LogP contribution >= 0.6 is 0 Å². The van der Waals surface area contributed by atoms with Gasteiger partial charge in [-0.2, -0.15) is 0 Å². The summed E-state index contributed by atoms with van der Waals surface area (Å²) in [6, 6.07) is 7.06. The zero-order chi connectivity index (χ0) is 13.5. The Hall–Kier alpha value is -2.24. The molecule has 6 heteroatoms. The van der Waals surface area contributed by atoms with E-state index in [9.17, 15) is 9.59 Å². The van der Waals surface area contributed by atoms with Gasteiger partial charge in [0.05, 0.1) is 24.3 Å². The maximum Gasteiger partial charge on any atom is 0.305 e. The number of carbonyl (C=O) groups is 2. The number of carboxylic acids is 1. The lowest BCUT2D eigenvalue weighted by atomic mass is 10.2. The fourth-order valence-corrected chi connectivity index (χ4v) is 1.54. The summed E-state index contributed by atoms with van der Waals surface area (Å²) >= 11 is 0. The Bertz CT molecular complexity index is 434. The second-order valence-corrected chi connectivity index (χ2v) is 3.80. The number of nitrogens with two attached hydrogens (primary N) is 1. The van der Waals surface area contributed by atoms with E-state index in [0.717, 1.165) is 0 Å². The lowest BCUT2D eigenvalue weighted by Crippen LogP contribution is -2.37. The molecule has 1 amide bonds. The fraction of sp³-hybridized carbons (Fsp3) is 0.333. The van der Waals surface area contributed by atoms with Crippen molar-refractivity contribution < 1.29 is 14.7 Å². The lowest BCUT2D eigenvalue weighted by Gasteiger charge is -2.24. The Morgan fingerprint density at radius 3 is 2.61 bits per heavy atom. The number of hydrogen-bond donors (Lipinski definition) is 3. The number of hydrogen-bond acceptors (Lipinski definition) is 4. The van der Waals surface area contributed by atoms with E-state index in [0.29, 0.717) is 11.4 Å². The normalized spacial score (nSPS) is 9.83. The Morgan fingerprint density at radius 2 is 2.06 bits per heavy atom. The van der Waals surface area contributed by atoms with Crippen molar-refractivity contribution in [2.45, 2.75) is 6.42 Å². The average molecular weight is 251 g/mol. The molecule has 0 bridgehead atoms. The molecule has 0 aliphatic carbocycles. The molecule has 1 aromatic carbocycles. The van der Waals surface area contributed by atoms with Gasteiger partial charge in [0.25, 0.3) is 0 Å². The molecule has 0 saturated carbocycles. The van der Waals surface area contributed by atoms with Crippen LogP contribution < -0.4 is 16.0 Å². The standard InChI is InChI=1S/C12H17N3O3/c1-14-11(16)8-15(7-6-12(17)18)10-5-3-2-4-9(10)13/h2-5H,6-8,13H2,1H3,(H,14,16)(H,17,18). The van der Waals surface area contributed by atoms with Crippen LogP contribution in [0.15, 0.2) is 24.3 Å². The van der Waals surface area contributed by atoms with Crippen LogP contribution in [0.5, 0.6) is 0 Å². The predicted molar refractivity (Wildman–Crippen MR) is 69.4 cm³/mol. The third kappa shape index (κ3) is 3.97. The smallest absolute Gasteiger partial charge is 0.305 e. The van der Waals surface area contributed by atoms with Crippen molar-refractivity contribution >= 4 is 23.3 Å². The molecule has 0 saturated heterocycles. The lowest BCUT2D eigenvalue weighted by molar-refractivity contribution is -0.136. The number of rotatable bonds is 6. The first-order valence-electron chi connectivity index (χ1n) is 5.56. The molecular formula is C12H17N3O3. The van der Waals surface area contributed by atoms with Gasteiger partial charge in [-0.05, 0) is 12.1 Å².